The van der Waals surface area contributed by atoms with Crippen LogP contribution in [0.1, 0.15) is 33.4 Å². The molecule has 0 aromatic heterocycles. The van der Waals surface area contributed by atoms with Crippen molar-refractivity contribution >= 4 is 12.2 Å². The minimum Gasteiger partial charge on any atom is -0.305 e. The predicted molar refractivity (Wildman–Crippen MR) is 104 cm³/mol. The van der Waals surface area contributed by atoms with Gasteiger partial charge in [-0.25, -0.2) is 0 Å². The van der Waals surface area contributed by atoms with E-state index >= 15 is 0 Å². The average Bonchev–Trinajstić information content (AvgIpc) is 2.53. The van der Waals surface area contributed by atoms with Crippen LogP contribution >= 0.6 is 0 Å². The molecule has 0 saturated heterocycles. The molecule has 4 bridgehead atoms. The van der Waals surface area contributed by atoms with Crippen molar-refractivity contribution in [1.29, 1.82) is 0 Å². The van der Waals surface area contributed by atoms with Crippen molar-refractivity contribution in [3.05, 3.63) is 69.8 Å². The third-order valence-electron chi connectivity index (χ3n) is 4.54. The standard InChI is InChI=1S/C22H28N2/c1-23(2)15-21-9-7-17-5-6-18-8-10-22(16-24(3)4)20(14-18)12-11-19(21)13-17/h7-14H,5-6,15-16H2,1-4H3/b12-11-. The molecule has 0 heterocycles. The lowest BCUT2D eigenvalue weighted by molar-refractivity contribution is 0.402. The summed E-state index contributed by atoms with van der Waals surface area (Å²) in [5.41, 5.74) is 8.35. The number of benzene rings is 2. The van der Waals surface area contributed by atoms with Crippen molar-refractivity contribution in [2.24, 2.45) is 0 Å². The van der Waals surface area contributed by atoms with Crippen molar-refractivity contribution < 1.29 is 0 Å². The molecule has 0 N–H and O–H groups in total. The minimum atomic E-state index is 0.977. The van der Waals surface area contributed by atoms with E-state index in [9.17, 15) is 0 Å². The van der Waals surface area contributed by atoms with Gasteiger partial charge in [-0.2, -0.15) is 0 Å². The van der Waals surface area contributed by atoms with Crippen molar-refractivity contribution in [3.63, 3.8) is 0 Å². The fraction of sp³-hybridized carbons (Fsp3) is 0.364. The van der Waals surface area contributed by atoms with Gasteiger partial charge in [0.25, 0.3) is 0 Å². The first-order valence-corrected chi connectivity index (χ1v) is 8.72. The third-order valence-corrected chi connectivity index (χ3v) is 4.54. The van der Waals surface area contributed by atoms with Crippen LogP contribution in [0.5, 0.6) is 0 Å². The molecule has 3 rings (SSSR count). The van der Waals surface area contributed by atoms with E-state index in [0.717, 1.165) is 25.9 Å². The topological polar surface area (TPSA) is 6.48 Å². The Bertz CT molecular complexity index is 678. The van der Waals surface area contributed by atoms with Gasteiger partial charge in [0, 0.05) is 13.1 Å². The van der Waals surface area contributed by atoms with Gasteiger partial charge >= 0.3 is 0 Å². The first-order valence-electron chi connectivity index (χ1n) is 8.72. The SMILES string of the molecule is CN(C)Cc1ccc2cc1/C=C\c1cc(ccc1CN(C)C)CC2. The van der Waals surface area contributed by atoms with Gasteiger partial charge in [0.05, 0.1) is 0 Å². The molecule has 0 atom stereocenters. The summed E-state index contributed by atoms with van der Waals surface area (Å²) < 4.78 is 0. The maximum Gasteiger partial charge on any atom is 0.0233 e. The summed E-state index contributed by atoms with van der Waals surface area (Å²) in [6, 6.07) is 13.9. The summed E-state index contributed by atoms with van der Waals surface area (Å²) in [6.45, 7) is 1.95. The molecular weight excluding hydrogens is 292 g/mol. The van der Waals surface area contributed by atoms with Crippen LogP contribution in [0.3, 0.4) is 0 Å². The number of hydrogen-bond acceptors (Lipinski definition) is 2. The fourth-order valence-corrected chi connectivity index (χ4v) is 3.35. The van der Waals surface area contributed by atoms with Gasteiger partial charge in [-0.1, -0.05) is 48.6 Å². The molecule has 1 aliphatic carbocycles. The largest absolute Gasteiger partial charge is 0.305 e. The minimum absolute atomic E-state index is 0.977. The number of hydrogen-bond donors (Lipinski definition) is 0. The first-order chi connectivity index (χ1) is 11.5. The van der Waals surface area contributed by atoms with E-state index in [1.165, 1.54) is 33.4 Å². The van der Waals surface area contributed by atoms with Crippen LogP contribution in [0.4, 0.5) is 0 Å². The van der Waals surface area contributed by atoms with Gasteiger partial charge in [0.1, 0.15) is 0 Å². The van der Waals surface area contributed by atoms with Crippen molar-refractivity contribution in [1.82, 2.24) is 9.80 Å². The van der Waals surface area contributed by atoms with Crippen LogP contribution in [-0.2, 0) is 25.9 Å². The van der Waals surface area contributed by atoms with Crippen LogP contribution in [0, 0.1) is 0 Å². The van der Waals surface area contributed by atoms with Crippen molar-refractivity contribution in [2.75, 3.05) is 28.2 Å². The second-order valence-electron chi connectivity index (χ2n) is 7.38. The molecule has 0 spiro atoms. The molecule has 0 saturated carbocycles. The molecule has 2 nitrogen and oxygen atoms in total. The summed E-state index contributed by atoms with van der Waals surface area (Å²) in [5.74, 6) is 0. The average molecular weight is 320 g/mol. The van der Waals surface area contributed by atoms with E-state index in [4.69, 9.17) is 0 Å². The Labute approximate surface area is 146 Å². The highest BCUT2D eigenvalue weighted by Crippen LogP contribution is 2.23. The van der Waals surface area contributed by atoms with Crippen LogP contribution in [0.2, 0.25) is 0 Å². The highest BCUT2D eigenvalue weighted by molar-refractivity contribution is 5.73. The lowest BCUT2D eigenvalue weighted by atomic mass is 9.94. The summed E-state index contributed by atoms with van der Waals surface area (Å²) in [6.07, 6.45) is 6.81. The molecule has 126 valence electrons. The Balaban J connectivity index is 2.02. The number of rotatable bonds is 4. The maximum atomic E-state index is 2.37. The molecule has 2 heteroatoms. The monoisotopic (exact) mass is 320 g/mol. The molecule has 0 unspecified atom stereocenters. The zero-order valence-electron chi connectivity index (χ0n) is 15.3. The number of nitrogens with zero attached hydrogens (tertiary/aromatic N) is 2. The molecule has 0 radical (unpaired) electrons. The van der Waals surface area contributed by atoms with Crippen molar-refractivity contribution in [3.8, 4) is 0 Å². The maximum absolute atomic E-state index is 2.37. The summed E-state index contributed by atoms with van der Waals surface area (Å²) >= 11 is 0. The van der Waals surface area contributed by atoms with Gasteiger partial charge in [-0.15, -0.1) is 0 Å². The van der Waals surface area contributed by atoms with E-state index in [1.807, 2.05) is 0 Å². The van der Waals surface area contributed by atoms with E-state index in [1.54, 1.807) is 0 Å². The molecule has 0 fully saturated rings. The van der Waals surface area contributed by atoms with E-state index in [2.05, 4.69) is 86.5 Å². The fourth-order valence-electron chi connectivity index (χ4n) is 3.35. The summed E-state index contributed by atoms with van der Waals surface area (Å²) in [5, 5.41) is 0. The molecule has 24 heavy (non-hydrogen) atoms. The van der Waals surface area contributed by atoms with Gasteiger partial charge in [0.15, 0.2) is 0 Å². The van der Waals surface area contributed by atoms with Crippen molar-refractivity contribution in [2.45, 2.75) is 25.9 Å². The van der Waals surface area contributed by atoms with E-state index in [0.29, 0.717) is 0 Å². The Morgan fingerprint density at radius 2 is 1.08 bits per heavy atom. The zero-order chi connectivity index (χ0) is 17.1. The Morgan fingerprint density at radius 1 is 0.667 bits per heavy atom. The van der Waals surface area contributed by atoms with Gasteiger partial charge in [-0.3, -0.25) is 0 Å². The van der Waals surface area contributed by atoms with E-state index in [-0.39, 0.29) is 0 Å². The second kappa shape index (κ2) is 7.33. The van der Waals surface area contributed by atoms with E-state index < -0.39 is 0 Å². The normalized spacial score (nSPS) is 14.9. The molecule has 0 amide bonds. The molecular formula is C22H28N2. The van der Waals surface area contributed by atoms with Gasteiger partial charge < -0.3 is 9.80 Å². The quantitative estimate of drug-likeness (QED) is 0.837. The Morgan fingerprint density at radius 3 is 1.46 bits per heavy atom. The molecule has 2 aromatic rings. The zero-order valence-corrected chi connectivity index (χ0v) is 15.3. The molecule has 2 aromatic carbocycles. The second-order valence-corrected chi connectivity index (χ2v) is 7.38. The lowest BCUT2D eigenvalue weighted by Crippen LogP contribution is -2.12. The lowest BCUT2D eigenvalue weighted by Gasteiger charge is -2.17. The van der Waals surface area contributed by atoms with Crippen LogP contribution < -0.4 is 0 Å². The molecule has 1 aliphatic rings. The smallest absolute Gasteiger partial charge is 0.0233 e. The Hall–Kier alpha value is -1.90. The highest BCUT2D eigenvalue weighted by atomic mass is 15.1. The van der Waals surface area contributed by atoms with Crippen LogP contribution in [-0.4, -0.2) is 38.0 Å². The summed E-state index contributed by atoms with van der Waals surface area (Å²) in [4.78, 5) is 4.46. The third kappa shape index (κ3) is 4.14. The highest BCUT2D eigenvalue weighted by Gasteiger charge is 2.08. The van der Waals surface area contributed by atoms with Gasteiger partial charge in [0.2, 0.25) is 0 Å². The van der Waals surface area contributed by atoms with Crippen LogP contribution in [0.15, 0.2) is 36.4 Å². The summed E-state index contributed by atoms with van der Waals surface area (Å²) in [7, 11) is 8.51. The van der Waals surface area contributed by atoms with Gasteiger partial charge in [-0.05, 0) is 74.4 Å². The predicted octanol–water partition coefficient (Wildman–Crippen LogP) is 4.08. The number of fused-ring (bicyclic) bond motifs is 4. The Kier molecular flexibility index (Phi) is 5.17. The first kappa shape index (κ1) is 16.9. The number of aryl methyl sites for hydroxylation is 2. The van der Waals surface area contributed by atoms with Crippen LogP contribution in [0.25, 0.3) is 12.2 Å². The molecule has 0 aliphatic heterocycles.